The molecule has 1 aliphatic heterocycles. The summed E-state index contributed by atoms with van der Waals surface area (Å²) >= 11 is 0. The third kappa shape index (κ3) is 4.24. The van der Waals surface area contributed by atoms with Crippen molar-refractivity contribution in [2.45, 2.75) is 65.1 Å². The molecule has 11 heteroatoms. The minimum atomic E-state index is -1.20. The molecule has 11 nitrogen and oxygen atoms in total. The predicted octanol–water partition coefficient (Wildman–Crippen LogP) is 1.73. The number of anilines is 1. The average molecular weight is 420 g/mol. The minimum absolute atomic E-state index is 0.143. The van der Waals surface area contributed by atoms with Crippen molar-refractivity contribution in [2.24, 2.45) is 0 Å². The highest BCUT2D eigenvalue weighted by Crippen LogP contribution is 2.26. The summed E-state index contributed by atoms with van der Waals surface area (Å²) in [5, 5.41) is 13.4. The molecule has 0 aliphatic carbocycles. The van der Waals surface area contributed by atoms with Crippen molar-refractivity contribution < 1.29 is 19.4 Å². The molecular weight excluding hydrogens is 392 g/mol. The number of nitrogens with zero attached hydrogens (tertiary/aromatic N) is 5. The normalized spacial score (nSPS) is 19.9. The van der Waals surface area contributed by atoms with Gasteiger partial charge in [0.15, 0.2) is 5.69 Å². The third-order valence-corrected chi connectivity index (χ3v) is 5.08. The molecule has 1 saturated heterocycles. The number of H-pyrrole nitrogens is 1. The lowest BCUT2D eigenvalue weighted by Gasteiger charge is -2.46. The highest BCUT2D eigenvalue weighted by Gasteiger charge is 2.38. The SMILES string of the molecule is CC[C@@H]1CN(c2nc(=O)[nH]c3cc(C(=O)O)nn23)[C@@H](CC)CN1C(=O)OC(C)(C)C. The predicted molar refractivity (Wildman–Crippen MR) is 109 cm³/mol. The Morgan fingerprint density at radius 3 is 2.47 bits per heavy atom. The van der Waals surface area contributed by atoms with Gasteiger partial charge in [-0.2, -0.15) is 14.6 Å². The zero-order valence-corrected chi connectivity index (χ0v) is 17.9. The summed E-state index contributed by atoms with van der Waals surface area (Å²) < 4.78 is 6.91. The molecule has 0 bridgehead atoms. The van der Waals surface area contributed by atoms with E-state index in [2.05, 4.69) is 15.1 Å². The molecule has 2 N–H and O–H groups in total. The zero-order valence-electron chi connectivity index (χ0n) is 17.9. The van der Waals surface area contributed by atoms with Crippen molar-refractivity contribution in [2.75, 3.05) is 18.0 Å². The van der Waals surface area contributed by atoms with Gasteiger partial charge in [0.05, 0.1) is 6.04 Å². The monoisotopic (exact) mass is 420 g/mol. The first kappa shape index (κ1) is 21.6. The maximum Gasteiger partial charge on any atom is 0.410 e. The van der Waals surface area contributed by atoms with Crippen LogP contribution in [0.15, 0.2) is 10.9 Å². The number of aromatic carboxylic acids is 1. The number of fused-ring (bicyclic) bond motifs is 1. The summed E-state index contributed by atoms with van der Waals surface area (Å²) in [6.45, 7) is 10.3. The number of carbonyl (C=O) groups is 2. The number of aromatic nitrogens is 4. The summed E-state index contributed by atoms with van der Waals surface area (Å²) in [5.41, 5.74) is -1.13. The van der Waals surface area contributed by atoms with E-state index in [4.69, 9.17) is 4.74 Å². The van der Waals surface area contributed by atoms with E-state index in [1.54, 1.807) is 4.90 Å². The van der Waals surface area contributed by atoms with Crippen molar-refractivity contribution in [1.29, 1.82) is 0 Å². The van der Waals surface area contributed by atoms with Gasteiger partial charge in [0, 0.05) is 25.2 Å². The van der Waals surface area contributed by atoms with Crippen LogP contribution in [0.25, 0.3) is 5.65 Å². The van der Waals surface area contributed by atoms with Gasteiger partial charge in [0.1, 0.15) is 11.2 Å². The quantitative estimate of drug-likeness (QED) is 0.764. The van der Waals surface area contributed by atoms with Gasteiger partial charge >= 0.3 is 17.8 Å². The minimum Gasteiger partial charge on any atom is -0.476 e. The molecule has 3 heterocycles. The number of rotatable bonds is 4. The first-order chi connectivity index (χ1) is 14.0. The maximum absolute atomic E-state index is 12.8. The van der Waals surface area contributed by atoms with E-state index in [0.717, 1.165) is 0 Å². The Morgan fingerprint density at radius 1 is 1.23 bits per heavy atom. The van der Waals surface area contributed by atoms with Gasteiger partial charge in [-0.05, 0) is 33.6 Å². The fourth-order valence-electron chi connectivity index (χ4n) is 3.63. The van der Waals surface area contributed by atoms with Crippen LogP contribution in [0.4, 0.5) is 10.7 Å². The van der Waals surface area contributed by atoms with Crippen LogP contribution in [0.1, 0.15) is 57.9 Å². The van der Waals surface area contributed by atoms with Gasteiger partial charge in [-0.3, -0.25) is 4.98 Å². The summed E-state index contributed by atoms with van der Waals surface area (Å²) in [5.74, 6) is -0.936. The van der Waals surface area contributed by atoms with E-state index in [9.17, 15) is 19.5 Å². The van der Waals surface area contributed by atoms with Gasteiger partial charge in [0.25, 0.3) is 0 Å². The van der Waals surface area contributed by atoms with Gasteiger partial charge in [-0.25, -0.2) is 14.4 Å². The topological polar surface area (TPSA) is 133 Å². The summed E-state index contributed by atoms with van der Waals surface area (Å²) in [6.07, 6.45) is 0.986. The number of nitrogens with one attached hydrogen (secondary N) is 1. The Balaban J connectivity index is 2.00. The summed E-state index contributed by atoms with van der Waals surface area (Å²) in [6, 6.07) is 0.994. The summed E-state index contributed by atoms with van der Waals surface area (Å²) in [7, 11) is 0. The van der Waals surface area contributed by atoms with Crippen LogP contribution < -0.4 is 10.6 Å². The standard InChI is InChI=1S/C19H28N6O5/c1-6-11-10-24(18(29)30-19(3,4)5)12(7-2)9-23(11)17-21-16(28)20-14-8-13(15(26)27)22-25(14)17/h8,11-12H,6-7,9-10H2,1-5H3,(H,20,28)(H,26,27)/t11-,12+/m0/s1. The zero-order chi connectivity index (χ0) is 22.2. The third-order valence-electron chi connectivity index (χ3n) is 5.08. The van der Waals surface area contributed by atoms with E-state index >= 15 is 0 Å². The number of hydrogen-bond donors (Lipinski definition) is 2. The molecule has 1 fully saturated rings. The van der Waals surface area contributed by atoms with Crippen molar-refractivity contribution in [3.63, 3.8) is 0 Å². The first-order valence-corrected chi connectivity index (χ1v) is 10.0. The molecule has 0 spiro atoms. The molecular formula is C19H28N6O5. The van der Waals surface area contributed by atoms with Gasteiger partial charge < -0.3 is 19.6 Å². The molecule has 0 unspecified atom stereocenters. The number of amides is 1. The van der Waals surface area contributed by atoms with Crippen molar-refractivity contribution in [3.8, 4) is 0 Å². The maximum atomic E-state index is 12.8. The Bertz CT molecular complexity index is 1010. The number of carbonyl (C=O) groups excluding carboxylic acids is 1. The molecule has 1 amide bonds. The second kappa shape index (κ2) is 7.96. The van der Waals surface area contributed by atoms with Crippen LogP contribution in [0.5, 0.6) is 0 Å². The van der Waals surface area contributed by atoms with E-state index < -0.39 is 17.3 Å². The molecule has 0 saturated carbocycles. The van der Waals surface area contributed by atoms with Crippen LogP contribution in [-0.2, 0) is 4.74 Å². The lowest BCUT2D eigenvalue weighted by molar-refractivity contribution is 0.00968. The smallest absolute Gasteiger partial charge is 0.410 e. The molecule has 30 heavy (non-hydrogen) atoms. The molecule has 2 atom stereocenters. The highest BCUT2D eigenvalue weighted by atomic mass is 16.6. The number of carboxylic acid groups (broad SMARTS) is 1. The molecule has 3 rings (SSSR count). The van der Waals surface area contributed by atoms with Gasteiger partial charge in [0.2, 0.25) is 5.95 Å². The number of carboxylic acids is 1. The molecule has 164 valence electrons. The van der Waals surface area contributed by atoms with Crippen molar-refractivity contribution in [1.82, 2.24) is 24.5 Å². The Morgan fingerprint density at radius 2 is 1.90 bits per heavy atom. The molecule has 0 radical (unpaired) electrons. The fraction of sp³-hybridized carbons (Fsp3) is 0.632. The Labute approximate surface area is 173 Å². The van der Waals surface area contributed by atoms with Crippen LogP contribution >= 0.6 is 0 Å². The average Bonchev–Trinajstić information content (AvgIpc) is 3.09. The van der Waals surface area contributed by atoms with Gasteiger partial charge in [-0.15, -0.1) is 0 Å². The highest BCUT2D eigenvalue weighted by molar-refractivity contribution is 5.86. The number of piperazine rings is 1. The Hall–Kier alpha value is -3.11. The van der Waals surface area contributed by atoms with Crippen LogP contribution in [0.3, 0.4) is 0 Å². The largest absolute Gasteiger partial charge is 0.476 e. The number of ether oxygens (including phenoxy) is 1. The van der Waals surface area contributed by atoms with E-state index in [1.807, 2.05) is 39.5 Å². The molecule has 2 aromatic rings. The van der Waals surface area contributed by atoms with E-state index in [0.29, 0.717) is 25.9 Å². The van der Waals surface area contributed by atoms with E-state index in [-0.39, 0.29) is 35.5 Å². The van der Waals surface area contributed by atoms with E-state index in [1.165, 1.54) is 10.6 Å². The lowest BCUT2D eigenvalue weighted by atomic mass is 10.0. The molecule has 1 aliphatic rings. The van der Waals surface area contributed by atoms with Crippen LogP contribution in [0.2, 0.25) is 0 Å². The van der Waals surface area contributed by atoms with Crippen LogP contribution in [0, 0.1) is 0 Å². The van der Waals surface area contributed by atoms with Gasteiger partial charge in [-0.1, -0.05) is 13.8 Å². The fourth-order valence-corrected chi connectivity index (χ4v) is 3.63. The van der Waals surface area contributed by atoms with Crippen molar-refractivity contribution in [3.05, 3.63) is 22.2 Å². The number of aromatic amines is 1. The second-order valence-corrected chi connectivity index (χ2v) is 8.38. The summed E-state index contributed by atoms with van der Waals surface area (Å²) in [4.78, 5) is 46.5. The Kier molecular flexibility index (Phi) is 5.73. The molecule has 0 aromatic carbocycles. The first-order valence-electron chi connectivity index (χ1n) is 10.0. The number of hydrogen-bond acceptors (Lipinski definition) is 7. The van der Waals surface area contributed by atoms with Crippen LogP contribution in [-0.4, -0.2) is 72.4 Å². The van der Waals surface area contributed by atoms with Crippen molar-refractivity contribution >= 4 is 23.7 Å². The molecule has 2 aromatic heterocycles. The second-order valence-electron chi connectivity index (χ2n) is 8.38. The lowest BCUT2D eigenvalue weighted by Crippen LogP contribution is -2.61.